The number of carbonyl (C=O) groups excluding carboxylic acids is 3. The summed E-state index contributed by atoms with van der Waals surface area (Å²) in [5.41, 5.74) is 0.766. The number of carboxylic acid groups (broad SMARTS) is 1. The number of thiol groups is 1. The molecule has 1 fully saturated rings. The van der Waals surface area contributed by atoms with Crippen LogP contribution >= 0.6 is 12.6 Å². The standard InChI is InChI=1S/C19H24N2O5S/c1-12(16(23)21-10-6-9-15(21)17(24)25)20-18(26)19(27,13(2)22)11-14-7-4-3-5-8-14/h3-5,7-8,12,15,27H,6,9-11H2,1-2H3,(H,20,26)(H,24,25)/t12-,15-,19?/m0/s1. The molecule has 1 aliphatic heterocycles. The van der Waals surface area contributed by atoms with Crippen molar-refractivity contribution >= 4 is 36.2 Å². The van der Waals surface area contributed by atoms with Gasteiger partial charge in [-0.2, -0.15) is 12.6 Å². The first kappa shape index (κ1) is 21.0. The van der Waals surface area contributed by atoms with Crippen molar-refractivity contribution in [3.05, 3.63) is 35.9 Å². The van der Waals surface area contributed by atoms with Crippen molar-refractivity contribution in [1.29, 1.82) is 0 Å². The highest BCUT2D eigenvalue weighted by Crippen LogP contribution is 2.24. The molecule has 0 bridgehead atoms. The van der Waals surface area contributed by atoms with Crippen molar-refractivity contribution in [2.45, 2.75) is 49.9 Å². The molecule has 1 saturated heterocycles. The molecule has 3 atom stereocenters. The Morgan fingerprint density at radius 3 is 2.48 bits per heavy atom. The van der Waals surface area contributed by atoms with Gasteiger partial charge in [-0.05, 0) is 32.3 Å². The van der Waals surface area contributed by atoms with E-state index in [4.69, 9.17) is 0 Å². The fourth-order valence-electron chi connectivity index (χ4n) is 3.17. The Balaban J connectivity index is 2.11. The number of hydrogen-bond donors (Lipinski definition) is 3. The van der Waals surface area contributed by atoms with Crippen LogP contribution in [0.25, 0.3) is 0 Å². The summed E-state index contributed by atoms with van der Waals surface area (Å²) in [7, 11) is 0. The molecule has 2 N–H and O–H groups in total. The fraction of sp³-hybridized carbons (Fsp3) is 0.474. The van der Waals surface area contributed by atoms with Gasteiger partial charge in [0.1, 0.15) is 12.1 Å². The molecule has 0 aliphatic carbocycles. The first-order valence-electron chi connectivity index (χ1n) is 8.78. The van der Waals surface area contributed by atoms with Crippen LogP contribution in [0, 0.1) is 0 Å². The van der Waals surface area contributed by atoms with E-state index in [1.54, 1.807) is 24.3 Å². The lowest BCUT2D eigenvalue weighted by molar-refractivity contribution is -0.149. The zero-order valence-electron chi connectivity index (χ0n) is 15.3. The number of benzene rings is 1. The van der Waals surface area contributed by atoms with Crippen LogP contribution in [0.1, 0.15) is 32.3 Å². The van der Waals surface area contributed by atoms with Gasteiger partial charge in [-0.25, -0.2) is 4.79 Å². The first-order chi connectivity index (χ1) is 12.7. The lowest BCUT2D eigenvalue weighted by atomic mass is 9.93. The summed E-state index contributed by atoms with van der Waals surface area (Å²) >= 11 is 4.34. The highest BCUT2D eigenvalue weighted by atomic mass is 32.1. The molecule has 1 unspecified atom stereocenters. The number of nitrogens with one attached hydrogen (secondary N) is 1. The summed E-state index contributed by atoms with van der Waals surface area (Å²) in [6.45, 7) is 3.09. The number of hydrogen-bond acceptors (Lipinski definition) is 5. The van der Waals surface area contributed by atoms with Crippen molar-refractivity contribution in [2.24, 2.45) is 0 Å². The van der Waals surface area contributed by atoms with Crippen LogP contribution in [-0.2, 0) is 25.6 Å². The zero-order valence-corrected chi connectivity index (χ0v) is 16.2. The second-order valence-electron chi connectivity index (χ2n) is 6.80. The predicted molar refractivity (Wildman–Crippen MR) is 103 cm³/mol. The highest BCUT2D eigenvalue weighted by Gasteiger charge is 2.42. The number of nitrogens with zero attached hydrogens (tertiary/aromatic N) is 1. The summed E-state index contributed by atoms with van der Waals surface area (Å²) in [6, 6.07) is 7.16. The average molecular weight is 392 g/mol. The Labute approximate surface area is 163 Å². The monoisotopic (exact) mass is 392 g/mol. The van der Waals surface area contributed by atoms with E-state index in [-0.39, 0.29) is 6.42 Å². The Bertz CT molecular complexity index is 739. The summed E-state index contributed by atoms with van der Waals surface area (Å²) in [6.07, 6.45) is 1.07. The second-order valence-corrected chi connectivity index (χ2v) is 7.57. The quantitative estimate of drug-likeness (QED) is 0.476. The van der Waals surface area contributed by atoms with Crippen molar-refractivity contribution in [2.75, 3.05) is 6.54 Å². The molecule has 2 rings (SSSR count). The third-order valence-corrected chi connectivity index (χ3v) is 5.48. The molecular formula is C19H24N2O5S. The number of carboxylic acids is 1. The Hall–Kier alpha value is -2.35. The minimum atomic E-state index is -1.62. The predicted octanol–water partition coefficient (Wildman–Crippen LogP) is 1.07. The third-order valence-electron chi connectivity index (χ3n) is 4.80. The number of Topliss-reactive ketones (excluding diaryl/α,β-unsaturated/α-hetero) is 1. The minimum Gasteiger partial charge on any atom is -0.480 e. The molecule has 0 radical (unpaired) electrons. The van der Waals surface area contributed by atoms with Gasteiger partial charge in [-0.3, -0.25) is 14.4 Å². The van der Waals surface area contributed by atoms with Crippen LogP contribution in [0.5, 0.6) is 0 Å². The molecule has 1 aromatic rings. The maximum absolute atomic E-state index is 12.8. The Morgan fingerprint density at radius 1 is 1.30 bits per heavy atom. The first-order valence-corrected chi connectivity index (χ1v) is 9.23. The van der Waals surface area contributed by atoms with Gasteiger partial charge < -0.3 is 15.3 Å². The summed E-state index contributed by atoms with van der Waals surface area (Å²) in [5, 5.41) is 11.8. The topological polar surface area (TPSA) is 104 Å². The van der Waals surface area contributed by atoms with E-state index in [0.717, 1.165) is 5.56 Å². The second kappa shape index (κ2) is 8.56. The van der Waals surface area contributed by atoms with Gasteiger partial charge in [0.25, 0.3) is 0 Å². The van der Waals surface area contributed by atoms with Gasteiger partial charge in [-0.1, -0.05) is 30.3 Å². The number of aliphatic carboxylic acids is 1. The van der Waals surface area contributed by atoms with Gasteiger partial charge >= 0.3 is 5.97 Å². The molecule has 146 valence electrons. The van der Waals surface area contributed by atoms with Crippen LogP contribution in [0.15, 0.2) is 30.3 Å². The highest BCUT2D eigenvalue weighted by molar-refractivity contribution is 7.83. The zero-order chi connectivity index (χ0) is 20.2. The third kappa shape index (κ3) is 4.68. The van der Waals surface area contributed by atoms with Gasteiger partial charge in [0, 0.05) is 13.0 Å². The number of rotatable bonds is 7. The normalized spacial score (nSPS) is 19.8. The summed E-state index contributed by atoms with van der Waals surface area (Å²) in [5.74, 6) is -2.64. The van der Waals surface area contributed by atoms with Crippen LogP contribution < -0.4 is 5.32 Å². The molecule has 7 nitrogen and oxygen atoms in total. The van der Waals surface area contributed by atoms with E-state index in [1.165, 1.54) is 18.7 Å². The smallest absolute Gasteiger partial charge is 0.326 e. The van der Waals surface area contributed by atoms with Crippen molar-refractivity contribution < 1.29 is 24.3 Å². The van der Waals surface area contributed by atoms with Crippen molar-refractivity contribution in [3.8, 4) is 0 Å². The van der Waals surface area contributed by atoms with E-state index in [2.05, 4.69) is 17.9 Å². The van der Waals surface area contributed by atoms with Gasteiger partial charge in [0.05, 0.1) is 0 Å². The Morgan fingerprint density at radius 2 is 1.93 bits per heavy atom. The molecule has 0 aromatic heterocycles. The van der Waals surface area contributed by atoms with Crippen molar-refractivity contribution in [3.63, 3.8) is 0 Å². The lowest BCUT2D eigenvalue weighted by Crippen LogP contribution is -2.56. The lowest BCUT2D eigenvalue weighted by Gasteiger charge is -2.29. The van der Waals surface area contributed by atoms with Crippen LogP contribution in [-0.4, -0.2) is 56.9 Å². The van der Waals surface area contributed by atoms with Gasteiger partial charge in [-0.15, -0.1) is 0 Å². The van der Waals surface area contributed by atoms with Crippen LogP contribution in [0.2, 0.25) is 0 Å². The van der Waals surface area contributed by atoms with Crippen molar-refractivity contribution in [1.82, 2.24) is 10.2 Å². The Kier molecular flexibility index (Phi) is 6.64. The molecule has 0 spiro atoms. The van der Waals surface area contributed by atoms with Gasteiger partial charge in [0.15, 0.2) is 10.5 Å². The number of carbonyl (C=O) groups is 4. The number of ketones is 1. The van der Waals surface area contributed by atoms with Crippen LogP contribution in [0.4, 0.5) is 0 Å². The molecule has 1 aromatic carbocycles. The largest absolute Gasteiger partial charge is 0.480 e. The van der Waals surface area contributed by atoms with Crippen LogP contribution in [0.3, 0.4) is 0 Å². The molecule has 2 amide bonds. The number of amides is 2. The molecular weight excluding hydrogens is 368 g/mol. The summed E-state index contributed by atoms with van der Waals surface area (Å²) < 4.78 is -1.62. The van der Waals surface area contributed by atoms with E-state index in [1.807, 2.05) is 6.07 Å². The number of likely N-dealkylation sites (tertiary alicyclic amines) is 1. The molecule has 1 aliphatic rings. The maximum Gasteiger partial charge on any atom is 0.326 e. The average Bonchev–Trinajstić information content (AvgIpc) is 3.11. The summed E-state index contributed by atoms with van der Waals surface area (Å²) in [4.78, 5) is 50.0. The fourth-order valence-corrected chi connectivity index (χ4v) is 3.42. The van der Waals surface area contributed by atoms with E-state index < -0.39 is 40.4 Å². The van der Waals surface area contributed by atoms with E-state index in [9.17, 15) is 24.3 Å². The van der Waals surface area contributed by atoms with E-state index in [0.29, 0.717) is 19.4 Å². The minimum absolute atomic E-state index is 0.0838. The van der Waals surface area contributed by atoms with Gasteiger partial charge in [0.2, 0.25) is 11.8 Å². The molecule has 8 heteroatoms. The maximum atomic E-state index is 12.8. The SMILES string of the molecule is CC(=O)C(S)(Cc1ccccc1)C(=O)N[C@@H](C)C(=O)N1CCC[C@H]1C(=O)O. The molecule has 27 heavy (non-hydrogen) atoms. The molecule has 1 heterocycles. The van der Waals surface area contributed by atoms with E-state index >= 15 is 0 Å². The molecule has 0 saturated carbocycles.